The van der Waals surface area contributed by atoms with Gasteiger partial charge < -0.3 is 10.8 Å². The molecule has 0 bridgehead atoms. The van der Waals surface area contributed by atoms with Gasteiger partial charge in [-0.2, -0.15) is 13.2 Å². The lowest BCUT2D eigenvalue weighted by Gasteiger charge is -2.16. The molecule has 0 fully saturated rings. The van der Waals surface area contributed by atoms with Crippen LogP contribution in [0.1, 0.15) is 17.2 Å². The van der Waals surface area contributed by atoms with Crippen LogP contribution in [0.5, 0.6) is 0 Å². The van der Waals surface area contributed by atoms with E-state index in [1.165, 1.54) is 12.3 Å². The predicted molar refractivity (Wildman–Crippen MR) is 48.1 cm³/mol. The van der Waals surface area contributed by atoms with Gasteiger partial charge in [0.15, 0.2) is 0 Å². The molecule has 0 spiro atoms. The standard InChI is InChI=1S/C9H11F3N2O/c10-9(11,12)7-2-1-3-14-8(7)6(4-13)5-15/h1-3,6,15H,4-5,13H2. The van der Waals surface area contributed by atoms with Gasteiger partial charge in [-0.25, -0.2) is 0 Å². The molecular weight excluding hydrogens is 209 g/mol. The molecule has 1 heterocycles. The van der Waals surface area contributed by atoms with Crippen molar-refractivity contribution in [2.75, 3.05) is 13.2 Å². The lowest BCUT2D eigenvalue weighted by atomic mass is 10.0. The Bertz CT molecular complexity index is 323. The normalized spacial score (nSPS) is 13.9. The quantitative estimate of drug-likeness (QED) is 0.802. The molecule has 3 nitrogen and oxygen atoms in total. The first kappa shape index (κ1) is 11.9. The molecule has 6 heteroatoms. The van der Waals surface area contributed by atoms with E-state index in [4.69, 9.17) is 10.8 Å². The third kappa shape index (κ3) is 2.66. The molecule has 0 aliphatic carbocycles. The summed E-state index contributed by atoms with van der Waals surface area (Å²) < 4.78 is 37.6. The first-order valence-corrected chi connectivity index (χ1v) is 4.33. The topological polar surface area (TPSA) is 59.1 Å². The molecule has 1 unspecified atom stereocenters. The molecule has 0 aliphatic rings. The summed E-state index contributed by atoms with van der Waals surface area (Å²) in [6, 6.07) is 2.14. The van der Waals surface area contributed by atoms with Crippen molar-refractivity contribution in [2.45, 2.75) is 12.1 Å². The molecule has 0 aromatic carbocycles. The van der Waals surface area contributed by atoms with Crippen LogP contribution in [0.2, 0.25) is 0 Å². The van der Waals surface area contributed by atoms with Gasteiger partial charge in [0, 0.05) is 18.7 Å². The second-order valence-corrected chi connectivity index (χ2v) is 3.05. The maximum absolute atomic E-state index is 12.5. The lowest BCUT2D eigenvalue weighted by molar-refractivity contribution is -0.138. The highest BCUT2D eigenvalue weighted by Crippen LogP contribution is 2.33. The third-order valence-corrected chi connectivity index (χ3v) is 2.04. The van der Waals surface area contributed by atoms with E-state index in [1.807, 2.05) is 0 Å². The summed E-state index contributed by atoms with van der Waals surface area (Å²) in [5.41, 5.74) is 4.22. The summed E-state index contributed by atoms with van der Waals surface area (Å²) in [6.45, 7) is -0.521. The van der Waals surface area contributed by atoms with Crippen molar-refractivity contribution in [3.63, 3.8) is 0 Å². The number of aliphatic hydroxyl groups excluding tert-OH is 1. The maximum Gasteiger partial charge on any atom is 0.418 e. The van der Waals surface area contributed by atoms with Crippen LogP contribution in [0.25, 0.3) is 0 Å². The van der Waals surface area contributed by atoms with Crippen molar-refractivity contribution in [1.29, 1.82) is 0 Å². The van der Waals surface area contributed by atoms with Gasteiger partial charge >= 0.3 is 6.18 Å². The monoisotopic (exact) mass is 220 g/mol. The Morgan fingerprint density at radius 1 is 1.47 bits per heavy atom. The smallest absolute Gasteiger partial charge is 0.396 e. The number of nitrogens with zero attached hydrogens (tertiary/aromatic N) is 1. The van der Waals surface area contributed by atoms with Crippen molar-refractivity contribution < 1.29 is 18.3 Å². The van der Waals surface area contributed by atoms with E-state index >= 15 is 0 Å². The Balaban J connectivity index is 3.17. The van der Waals surface area contributed by atoms with Gasteiger partial charge in [-0.05, 0) is 12.1 Å². The molecule has 1 atom stereocenters. The second kappa shape index (κ2) is 4.59. The van der Waals surface area contributed by atoms with E-state index in [9.17, 15) is 13.2 Å². The largest absolute Gasteiger partial charge is 0.418 e. The highest BCUT2D eigenvalue weighted by atomic mass is 19.4. The molecule has 0 amide bonds. The van der Waals surface area contributed by atoms with Crippen LogP contribution in [0.3, 0.4) is 0 Å². The van der Waals surface area contributed by atoms with E-state index < -0.39 is 24.3 Å². The second-order valence-electron chi connectivity index (χ2n) is 3.05. The minimum atomic E-state index is -4.47. The minimum Gasteiger partial charge on any atom is -0.396 e. The number of hydrogen-bond donors (Lipinski definition) is 2. The average Bonchev–Trinajstić information content (AvgIpc) is 2.19. The molecule has 0 saturated carbocycles. The van der Waals surface area contributed by atoms with Gasteiger partial charge in [-0.3, -0.25) is 4.98 Å². The first-order valence-electron chi connectivity index (χ1n) is 4.33. The van der Waals surface area contributed by atoms with Crippen LogP contribution in [-0.2, 0) is 6.18 Å². The van der Waals surface area contributed by atoms with E-state index in [1.54, 1.807) is 0 Å². The Hall–Kier alpha value is -1.14. The number of rotatable bonds is 3. The van der Waals surface area contributed by atoms with Gasteiger partial charge in [0.05, 0.1) is 17.9 Å². The zero-order valence-corrected chi connectivity index (χ0v) is 7.83. The van der Waals surface area contributed by atoms with Crippen LogP contribution < -0.4 is 5.73 Å². The minimum absolute atomic E-state index is 0.0728. The van der Waals surface area contributed by atoms with Crippen LogP contribution in [0.4, 0.5) is 13.2 Å². The van der Waals surface area contributed by atoms with Crippen LogP contribution in [-0.4, -0.2) is 23.2 Å². The zero-order valence-electron chi connectivity index (χ0n) is 7.83. The maximum atomic E-state index is 12.5. The zero-order chi connectivity index (χ0) is 11.5. The van der Waals surface area contributed by atoms with Gasteiger partial charge in [0.1, 0.15) is 0 Å². The van der Waals surface area contributed by atoms with Crippen LogP contribution in [0, 0.1) is 0 Å². The third-order valence-electron chi connectivity index (χ3n) is 2.04. The number of aromatic nitrogens is 1. The van der Waals surface area contributed by atoms with Gasteiger partial charge in [0.2, 0.25) is 0 Å². The Kier molecular flexibility index (Phi) is 3.65. The fourth-order valence-corrected chi connectivity index (χ4v) is 1.26. The van der Waals surface area contributed by atoms with Gasteiger partial charge in [-0.15, -0.1) is 0 Å². The molecule has 15 heavy (non-hydrogen) atoms. The number of nitrogens with two attached hydrogens (primary N) is 1. The Labute approximate surface area is 84.7 Å². The number of alkyl halides is 3. The van der Waals surface area contributed by atoms with E-state index in [0.29, 0.717) is 0 Å². The summed E-state index contributed by atoms with van der Waals surface area (Å²) in [5.74, 6) is -0.775. The number of hydrogen-bond acceptors (Lipinski definition) is 3. The predicted octanol–water partition coefficient (Wildman–Crippen LogP) is 1.13. The first-order chi connectivity index (χ1) is 7.00. The average molecular weight is 220 g/mol. The Morgan fingerprint density at radius 2 is 2.13 bits per heavy atom. The molecule has 1 aromatic heterocycles. The lowest BCUT2D eigenvalue weighted by Crippen LogP contribution is -2.21. The summed E-state index contributed by atoms with van der Waals surface area (Å²) in [5, 5.41) is 8.88. The summed E-state index contributed by atoms with van der Waals surface area (Å²) in [6.07, 6.45) is -3.21. The van der Waals surface area contributed by atoms with Crippen molar-refractivity contribution in [3.8, 4) is 0 Å². The SMILES string of the molecule is NCC(CO)c1ncccc1C(F)(F)F. The van der Waals surface area contributed by atoms with Crippen molar-refractivity contribution >= 4 is 0 Å². The van der Waals surface area contributed by atoms with E-state index in [-0.39, 0.29) is 12.2 Å². The molecule has 0 saturated heterocycles. The molecule has 1 rings (SSSR count). The number of pyridine rings is 1. The van der Waals surface area contributed by atoms with E-state index in [2.05, 4.69) is 4.98 Å². The van der Waals surface area contributed by atoms with Crippen LogP contribution >= 0.6 is 0 Å². The van der Waals surface area contributed by atoms with Crippen molar-refractivity contribution in [3.05, 3.63) is 29.6 Å². The molecule has 0 aliphatic heterocycles. The van der Waals surface area contributed by atoms with Crippen molar-refractivity contribution in [1.82, 2.24) is 4.98 Å². The number of aliphatic hydroxyl groups is 1. The highest BCUT2D eigenvalue weighted by Gasteiger charge is 2.35. The molecule has 3 N–H and O–H groups in total. The van der Waals surface area contributed by atoms with Gasteiger partial charge in [0.25, 0.3) is 0 Å². The molecule has 84 valence electrons. The van der Waals surface area contributed by atoms with E-state index in [0.717, 1.165) is 6.07 Å². The molecular formula is C9H11F3N2O. The highest BCUT2D eigenvalue weighted by molar-refractivity contribution is 5.26. The Morgan fingerprint density at radius 3 is 2.60 bits per heavy atom. The fraction of sp³-hybridized carbons (Fsp3) is 0.444. The fourth-order valence-electron chi connectivity index (χ4n) is 1.26. The summed E-state index contributed by atoms with van der Waals surface area (Å²) in [4.78, 5) is 3.63. The van der Waals surface area contributed by atoms with Crippen molar-refractivity contribution in [2.24, 2.45) is 5.73 Å². The van der Waals surface area contributed by atoms with Crippen LogP contribution in [0.15, 0.2) is 18.3 Å². The molecule has 0 radical (unpaired) electrons. The van der Waals surface area contributed by atoms with Gasteiger partial charge in [-0.1, -0.05) is 0 Å². The summed E-state index contributed by atoms with van der Waals surface area (Å²) >= 11 is 0. The molecule has 1 aromatic rings. The summed E-state index contributed by atoms with van der Waals surface area (Å²) in [7, 11) is 0. The number of halogens is 3.